The minimum atomic E-state index is -3.92. The third kappa shape index (κ3) is 7.85. The molecule has 186 valence electrons. The van der Waals surface area contributed by atoms with Gasteiger partial charge in [0.05, 0.1) is 17.0 Å². The van der Waals surface area contributed by atoms with Gasteiger partial charge in [-0.2, -0.15) is 0 Å². The van der Waals surface area contributed by atoms with Crippen LogP contribution < -0.4 is 9.62 Å². The molecule has 0 aliphatic carbocycles. The molecule has 1 atom stereocenters. The maximum Gasteiger partial charge on any atom is 0.244 e. The van der Waals surface area contributed by atoms with Gasteiger partial charge in [-0.1, -0.05) is 48.7 Å². The van der Waals surface area contributed by atoms with Gasteiger partial charge in [0, 0.05) is 18.1 Å². The minimum Gasteiger partial charge on any atom is -0.354 e. The van der Waals surface area contributed by atoms with Crippen LogP contribution in [0.4, 0.5) is 10.1 Å². The van der Waals surface area contributed by atoms with Gasteiger partial charge in [-0.3, -0.25) is 13.9 Å². The van der Waals surface area contributed by atoms with Crippen molar-refractivity contribution in [3.8, 4) is 0 Å². The minimum absolute atomic E-state index is 0.0204. The van der Waals surface area contributed by atoms with Crippen molar-refractivity contribution in [1.29, 1.82) is 0 Å². The Morgan fingerprint density at radius 3 is 2.32 bits per heavy atom. The highest BCUT2D eigenvalue weighted by atomic mass is 35.5. The quantitative estimate of drug-likeness (QED) is 0.439. The fourth-order valence-corrected chi connectivity index (χ4v) is 4.61. The van der Waals surface area contributed by atoms with Crippen LogP contribution in [0, 0.1) is 5.82 Å². The number of carbonyl (C=O) groups excluding carboxylic acids is 2. The Kier molecular flexibility index (Phi) is 10.1. The lowest BCUT2D eigenvalue weighted by Gasteiger charge is -2.31. The van der Waals surface area contributed by atoms with Gasteiger partial charge in [-0.05, 0) is 49.2 Å². The smallest absolute Gasteiger partial charge is 0.244 e. The Hall–Kier alpha value is -2.36. The Labute approximate surface area is 209 Å². The zero-order chi connectivity index (χ0) is 25.5. The number of hydrogen-bond donors (Lipinski definition) is 1. The first-order valence-corrected chi connectivity index (χ1v) is 13.3. The van der Waals surface area contributed by atoms with Crippen LogP contribution in [0.2, 0.25) is 10.0 Å². The molecule has 2 aromatic rings. The fraction of sp³-hybridized carbons (Fsp3) is 0.391. The van der Waals surface area contributed by atoms with Crippen LogP contribution in [0.25, 0.3) is 0 Å². The first-order valence-electron chi connectivity index (χ1n) is 10.7. The summed E-state index contributed by atoms with van der Waals surface area (Å²) in [5.41, 5.74) is 0.669. The summed E-state index contributed by atoms with van der Waals surface area (Å²) in [6, 6.07) is 8.84. The molecule has 0 unspecified atom stereocenters. The van der Waals surface area contributed by atoms with Crippen LogP contribution in [0.1, 0.15) is 32.3 Å². The molecule has 0 aliphatic heterocycles. The Morgan fingerprint density at radius 1 is 1.12 bits per heavy atom. The van der Waals surface area contributed by atoms with Gasteiger partial charge in [0.2, 0.25) is 21.8 Å². The van der Waals surface area contributed by atoms with E-state index >= 15 is 0 Å². The van der Waals surface area contributed by atoms with Crippen molar-refractivity contribution in [2.24, 2.45) is 0 Å². The lowest BCUT2D eigenvalue weighted by atomic mass is 10.1. The molecular formula is C23H28Cl2FN3O4S. The van der Waals surface area contributed by atoms with Gasteiger partial charge in [0.25, 0.3) is 0 Å². The van der Waals surface area contributed by atoms with Gasteiger partial charge < -0.3 is 10.2 Å². The average Bonchev–Trinajstić information content (AvgIpc) is 2.76. The molecule has 11 heteroatoms. The first kappa shape index (κ1) is 27.9. The maximum absolute atomic E-state index is 13.4. The van der Waals surface area contributed by atoms with Gasteiger partial charge in [-0.25, -0.2) is 12.8 Å². The molecule has 7 nitrogen and oxygen atoms in total. The van der Waals surface area contributed by atoms with Gasteiger partial charge in [0.15, 0.2) is 0 Å². The zero-order valence-corrected chi connectivity index (χ0v) is 21.6. The molecule has 0 radical (unpaired) electrons. The molecule has 0 saturated heterocycles. The van der Waals surface area contributed by atoms with Crippen molar-refractivity contribution in [2.45, 2.75) is 39.3 Å². The third-order valence-corrected chi connectivity index (χ3v) is 6.78. The van der Waals surface area contributed by atoms with Crippen molar-refractivity contribution in [1.82, 2.24) is 10.2 Å². The van der Waals surface area contributed by atoms with Gasteiger partial charge in [-0.15, -0.1) is 0 Å². The standard InChI is InChI=1S/C23H28Cl2FN3O4S/c1-4-5-12-27-23(31)16(2)28(14-17-6-9-19(26)10-7-17)22(30)15-29(34(3,32)33)21-11-8-18(24)13-20(21)25/h6-11,13,16H,4-5,12,14-15H2,1-3H3,(H,27,31)/t16-/m0/s1. The normalized spacial score (nSPS) is 12.2. The molecule has 0 aliphatic rings. The van der Waals surface area contributed by atoms with E-state index < -0.39 is 34.3 Å². The largest absolute Gasteiger partial charge is 0.354 e. The van der Waals surface area contributed by atoms with E-state index in [1.807, 2.05) is 6.92 Å². The number of nitrogens with one attached hydrogen (secondary N) is 1. The molecule has 0 bridgehead atoms. The second-order valence-corrected chi connectivity index (χ2v) is 10.6. The second kappa shape index (κ2) is 12.4. The number of nitrogens with zero attached hydrogens (tertiary/aromatic N) is 2. The summed E-state index contributed by atoms with van der Waals surface area (Å²) >= 11 is 12.1. The lowest BCUT2D eigenvalue weighted by Crippen LogP contribution is -2.51. The summed E-state index contributed by atoms with van der Waals surface area (Å²) in [5.74, 6) is -1.44. The molecule has 2 amide bonds. The summed E-state index contributed by atoms with van der Waals surface area (Å²) in [7, 11) is -3.92. The second-order valence-electron chi connectivity index (χ2n) is 7.83. The van der Waals surface area contributed by atoms with Crippen LogP contribution in [0.15, 0.2) is 42.5 Å². The van der Waals surface area contributed by atoms with Crippen LogP contribution in [-0.4, -0.2) is 50.5 Å². The summed E-state index contributed by atoms with van der Waals surface area (Å²) in [4.78, 5) is 27.4. The SMILES string of the molecule is CCCCNC(=O)[C@H](C)N(Cc1ccc(F)cc1)C(=O)CN(c1ccc(Cl)cc1Cl)S(C)(=O)=O. The number of amides is 2. The predicted octanol–water partition coefficient (Wildman–Crippen LogP) is 4.23. The summed E-state index contributed by atoms with van der Waals surface area (Å²) < 4.78 is 39.3. The molecule has 0 fully saturated rings. The number of sulfonamides is 1. The van der Waals surface area contributed by atoms with Crippen molar-refractivity contribution >= 4 is 50.7 Å². The van der Waals surface area contributed by atoms with Crippen LogP contribution >= 0.6 is 23.2 Å². The zero-order valence-electron chi connectivity index (χ0n) is 19.2. The number of benzene rings is 2. The topological polar surface area (TPSA) is 86.8 Å². The number of anilines is 1. The van der Waals surface area contributed by atoms with E-state index in [9.17, 15) is 22.4 Å². The lowest BCUT2D eigenvalue weighted by molar-refractivity contribution is -0.139. The molecule has 0 aromatic heterocycles. The van der Waals surface area contributed by atoms with Crippen molar-refractivity contribution in [3.05, 3.63) is 63.9 Å². The van der Waals surface area contributed by atoms with E-state index in [1.54, 1.807) is 6.92 Å². The molecule has 2 rings (SSSR count). The van der Waals surface area contributed by atoms with Crippen molar-refractivity contribution in [2.75, 3.05) is 23.7 Å². The average molecular weight is 532 g/mol. The molecule has 1 N–H and O–H groups in total. The van der Waals surface area contributed by atoms with Crippen LogP contribution in [0.5, 0.6) is 0 Å². The van der Waals surface area contributed by atoms with E-state index in [-0.39, 0.29) is 23.2 Å². The first-order chi connectivity index (χ1) is 15.9. The Bertz CT molecular complexity index is 1110. The monoisotopic (exact) mass is 531 g/mol. The summed E-state index contributed by atoms with van der Waals surface area (Å²) in [6.45, 7) is 3.39. The number of rotatable bonds is 11. The van der Waals surface area contributed by atoms with Crippen molar-refractivity contribution in [3.63, 3.8) is 0 Å². The molecule has 0 saturated carbocycles. The Balaban J connectivity index is 2.37. The summed E-state index contributed by atoms with van der Waals surface area (Å²) in [6.07, 6.45) is 2.62. The van der Waals surface area contributed by atoms with Crippen LogP contribution in [-0.2, 0) is 26.2 Å². The van der Waals surface area contributed by atoms with Crippen LogP contribution in [0.3, 0.4) is 0 Å². The van der Waals surface area contributed by atoms with Gasteiger partial charge in [0.1, 0.15) is 18.4 Å². The molecule has 0 spiro atoms. The third-order valence-electron chi connectivity index (χ3n) is 5.12. The molecule has 2 aromatic carbocycles. The highest BCUT2D eigenvalue weighted by molar-refractivity contribution is 7.92. The predicted molar refractivity (Wildman–Crippen MR) is 133 cm³/mol. The molecular weight excluding hydrogens is 504 g/mol. The van der Waals surface area contributed by atoms with E-state index in [0.29, 0.717) is 17.1 Å². The molecule has 0 heterocycles. The van der Waals surface area contributed by atoms with E-state index in [2.05, 4.69) is 5.32 Å². The van der Waals surface area contributed by atoms with E-state index in [0.717, 1.165) is 23.4 Å². The highest BCUT2D eigenvalue weighted by Crippen LogP contribution is 2.30. The van der Waals surface area contributed by atoms with Gasteiger partial charge >= 0.3 is 0 Å². The number of hydrogen-bond acceptors (Lipinski definition) is 4. The molecule has 34 heavy (non-hydrogen) atoms. The Morgan fingerprint density at radius 2 is 1.76 bits per heavy atom. The highest BCUT2D eigenvalue weighted by Gasteiger charge is 2.30. The summed E-state index contributed by atoms with van der Waals surface area (Å²) in [5, 5.41) is 3.15. The fourth-order valence-electron chi connectivity index (χ4n) is 3.18. The van der Waals surface area contributed by atoms with Crippen molar-refractivity contribution < 1.29 is 22.4 Å². The number of halogens is 3. The van der Waals surface area contributed by atoms with E-state index in [4.69, 9.17) is 23.2 Å². The number of carbonyl (C=O) groups is 2. The number of unbranched alkanes of at least 4 members (excludes halogenated alkanes) is 1. The van der Waals surface area contributed by atoms with E-state index in [1.165, 1.54) is 47.4 Å². The maximum atomic E-state index is 13.4.